The highest BCUT2D eigenvalue weighted by atomic mass is 16.5. The summed E-state index contributed by atoms with van der Waals surface area (Å²) >= 11 is 0. The van der Waals surface area contributed by atoms with Crippen molar-refractivity contribution in [2.75, 3.05) is 37.4 Å². The minimum Gasteiger partial charge on any atom is -0.385 e. The molecule has 0 atom stereocenters. The van der Waals surface area contributed by atoms with Gasteiger partial charge in [-0.2, -0.15) is 4.98 Å². The van der Waals surface area contributed by atoms with Crippen LogP contribution in [0, 0.1) is 0 Å². The number of nitrogens with one attached hydrogen (secondary N) is 2. The maximum absolute atomic E-state index is 5.06. The maximum Gasteiger partial charge on any atom is 0.225 e. The van der Waals surface area contributed by atoms with Crippen molar-refractivity contribution in [2.24, 2.45) is 0 Å². The van der Waals surface area contributed by atoms with Crippen molar-refractivity contribution in [2.45, 2.75) is 26.2 Å². The van der Waals surface area contributed by atoms with E-state index in [0.717, 1.165) is 55.7 Å². The van der Waals surface area contributed by atoms with Gasteiger partial charge in [-0.15, -0.1) is 0 Å². The van der Waals surface area contributed by atoms with Crippen LogP contribution in [0.4, 0.5) is 11.8 Å². The van der Waals surface area contributed by atoms with Gasteiger partial charge in [0.2, 0.25) is 5.95 Å². The number of anilines is 2. The number of benzene rings is 1. The van der Waals surface area contributed by atoms with Crippen LogP contribution in [0.25, 0.3) is 10.9 Å². The van der Waals surface area contributed by atoms with Crippen molar-refractivity contribution in [3.63, 3.8) is 0 Å². The number of ether oxygens (including phenoxy) is 1. The van der Waals surface area contributed by atoms with E-state index in [1.165, 1.54) is 0 Å². The fourth-order valence-electron chi connectivity index (χ4n) is 2.20. The Labute approximate surface area is 126 Å². The molecule has 1 heterocycles. The molecule has 0 saturated heterocycles. The summed E-state index contributed by atoms with van der Waals surface area (Å²) in [5.74, 6) is 1.58. The number of fused-ring (bicyclic) bond motifs is 1. The average molecular weight is 288 g/mol. The molecule has 0 bridgehead atoms. The minimum atomic E-state index is 0.679. The van der Waals surface area contributed by atoms with Crippen LogP contribution in [-0.2, 0) is 4.74 Å². The van der Waals surface area contributed by atoms with E-state index < -0.39 is 0 Å². The summed E-state index contributed by atoms with van der Waals surface area (Å²) in [7, 11) is 1.74. The van der Waals surface area contributed by atoms with E-state index >= 15 is 0 Å². The first-order valence-corrected chi connectivity index (χ1v) is 7.58. The van der Waals surface area contributed by atoms with Gasteiger partial charge in [-0.05, 0) is 38.3 Å². The van der Waals surface area contributed by atoms with E-state index in [-0.39, 0.29) is 0 Å². The van der Waals surface area contributed by atoms with Crippen molar-refractivity contribution in [3.05, 3.63) is 24.3 Å². The Bertz CT molecular complexity index is 559. The van der Waals surface area contributed by atoms with Crippen LogP contribution < -0.4 is 10.6 Å². The molecule has 5 heteroatoms. The van der Waals surface area contributed by atoms with Crippen molar-refractivity contribution in [1.29, 1.82) is 0 Å². The Balaban J connectivity index is 2.03. The van der Waals surface area contributed by atoms with Crippen LogP contribution in [0.5, 0.6) is 0 Å². The number of para-hydroxylation sites is 1. The van der Waals surface area contributed by atoms with Gasteiger partial charge in [-0.25, -0.2) is 4.98 Å². The highest BCUT2D eigenvalue weighted by Crippen LogP contribution is 2.21. The molecule has 2 aromatic rings. The molecule has 0 amide bonds. The van der Waals surface area contributed by atoms with Gasteiger partial charge in [-0.3, -0.25) is 0 Å². The molecule has 0 radical (unpaired) electrons. The molecule has 0 fully saturated rings. The minimum absolute atomic E-state index is 0.679. The summed E-state index contributed by atoms with van der Waals surface area (Å²) in [5, 5.41) is 7.68. The Kier molecular flexibility index (Phi) is 6.22. The van der Waals surface area contributed by atoms with Gasteiger partial charge in [0.25, 0.3) is 0 Å². The first-order chi connectivity index (χ1) is 10.3. The Morgan fingerprint density at radius 1 is 1.05 bits per heavy atom. The molecule has 0 unspecified atom stereocenters. The average Bonchev–Trinajstić information content (AvgIpc) is 2.51. The Morgan fingerprint density at radius 2 is 1.90 bits per heavy atom. The molecule has 2 rings (SSSR count). The fraction of sp³-hybridized carbons (Fsp3) is 0.500. The standard InChI is InChI=1S/C16H24N4O/c1-3-17-16-19-14-10-6-5-9-13(14)15(20-16)18-11-7-4-8-12-21-2/h5-6,9-10H,3-4,7-8,11-12H2,1-2H3,(H2,17,18,19,20). The van der Waals surface area contributed by atoms with E-state index in [4.69, 9.17) is 4.74 Å². The van der Waals surface area contributed by atoms with Crippen LogP contribution >= 0.6 is 0 Å². The van der Waals surface area contributed by atoms with Gasteiger partial charge in [0.1, 0.15) is 5.82 Å². The second-order valence-electron chi connectivity index (χ2n) is 4.92. The highest BCUT2D eigenvalue weighted by Gasteiger charge is 2.06. The van der Waals surface area contributed by atoms with E-state index in [1.54, 1.807) is 7.11 Å². The lowest BCUT2D eigenvalue weighted by molar-refractivity contribution is 0.192. The topological polar surface area (TPSA) is 59.1 Å². The third-order valence-electron chi connectivity index (χ3n) is 3.26. The van der Waals surface area contributed by atoms with Gasteiger partial charge in [0.15, 0.2) is 0 Å². The number of rotatable bonds is 9. The second-order valence-corrected chi connectivity index (χ2v) is 4.92. The summed E-state index contributed by atoms with van der Waals surface area (Å²) in [6.07, 6.45) is 3.37. The molecule has 0 aliphatic carbocycles. The summed E-state index contributed by atoms with van der Waals surface area (Å²) in [6, 6.07) is 8.09. The predicted octanol–water partition coefficient (Wildman–Crippen LogP) is 3.29. The molecule has 0 aliphatic heterocycles. The van der Waals surface area contributed by atoms with Gasteiger partial charge in [-0.1, -0.05) is 12.1 Å². The third kappa shape index (κ3) is 4.56. The van der Waals surface area contributed by atoms with Crippen LogP contribution in [0.15, 0.2) is 24.3 Å². The lowest BCUT2D eigenvalue weighted by Gasteiger charge is -2.11. The lowest BCUT2D eigenvalue weighted by atomic mass is 10.2. The lowest BCUT2D eigenvalue weighted by Crippen LogP contribution is -2.08. The molecular formula is C16H24N4O. The normalized spacial score (nSPS) is 10.8. The number of nitrogens with zero attached hydrogens (tertiary/aromatic N) is 2. The SMILES string of the molecule is CCNc1nc(NCCCCCOC)c2ccccc2n1. The smallest absolute Gasteiger partial charge is 0.225 e. The molecule has 2 N–H and O–H groups in total. The first-order valence-electron chi connectivity index (χ1n) is 7.58. The Hall–Kier alpha value is -1.88. The molecule has 5 nitrogen and oxygen atoms in total. The predicted molar refractivity (Wildman–Crippen MR) is 87.9 cm³/mol. The molecule has 1 aromatic carbocycles. The van der Waals surface area contributed by atoms with Crippen LogP contribution in [0.3, 0.4) is 0 Å². The quantitative estimate of drug-likeness (QED) is 0.693. The number of hydrogen-bond acceptors (Lipinski definition) is 5. The third-order valence-corrected chi connectivity index (χ3v) is 3.26. The van der Waals surface area contributed by atoms with Crippen molar-refractivity contribution in [3.8, 4) is 0 Å². The summed E-state index contributed by atoms with van der Waals surface area (Å²) in [5.41, 5.74) is 0.963. The zero-order chi connectivity index (χ0) is 14.9. The Morgan fingerprint density at radius 3 is 2.71 bits per heavy atom. The largest absolute Gasteiger partial charge is 0.385 e. The van der Waals surface area contributed by atoms with Crippen LogP contribution in [0.1, 0.15) is 26.2 Å². The second kappa shape index (κ2) is 8.42. The van der Waals surface area contributed by atoms with Crippen LogP contribution in [-0.4, -0.2) is 36.8 Å². The highest BCUT2D eigenvalue weighted by molar-refractivity contribution is 5.89. The van der Waals surface area contributed by atoms with Gasteiger partial charge < -0.3 is 15.4 Å². The molecule has 0 aliphatic rings. The van der Waals surface area contributed by atoms with Crippen LogP contribution in [0.2, 0.25) is 0 Å². The first kappa shape index (κ1) is 15.5. The molecule has 0 spiro atoms. The van der Waals surface area contributed by atoms with Crippen molar-refractivity contribution >= 4 is 22.7 Å². The van der Waals surface area contributed by atoms with Gasteiger partial charge in [0, 0.05) is 32.2 Å². The number of methoxy groups -OCH3 is 1. The molecular weight excluding hydrogens is 264 g/mol. The number of aromatic nitrogens is 2. The zero-order valence-electron chi connectivity index (χ0n) is 12.9. The van der Waals surface area contributed by atoms with Crippen molar-refractivity contribution in [1.82, 2.24) is 9.97 Å². The van der Waals surface area contributed by atoms with E-state index in [0.29, 0.717) is 5.95 Å². The zero-order valence-corrected chi connectivity index (χ0v) is 12.9. The monoisotopic (exact) mass is 288 g/mol. The molecule has 21 heavy (non-hydrogen) atoms. The van der Waals surface area contributed by atoms with E-state index in [9.17, 15) is 0 Å². The number of unbranched alkanes of at least 4 members (excludes halogenated alkanes) is 2. The van der Waals surface area contributed by atoms with Gasteiger partial charge in [0.05, 0.1) is 5.52 Å². The molecule has 0 saturated carbocycles. The van der Waals surface area contributed by atoms with E-state index in [2.05, 4.69) is 26.7 Å². The maximum atomic E-state index is 5.06. The van der Waals surface area contributed by atoms with Crippen molar-refractivity contribution < 1.29 is 4.74 Å². The van der Waals surface area contributed by atoms with E-state index in [1.807, 2.05) is 25.1 Å². The number of hydrogen-bond donors (Lipinski definition) is 2. The van der Waals surface area contributed by atoms with Gasteiger partial charge >= 0.3 is 0 Å². The molecule has 1 aromatic heterocycles. The summed E-state index contributed by atoms with van der Waals surface area (Å²) in [4.78, 5) is 9.08. The summed E-state index contributed by atoms with van der Waals surface area (Å²) < 4.78 is 5.06. The fourth-order valence-corrected chi connectivity index (χ4v) is 2.20. The summed E-state index contributed by atoms with van der Waals surface area (Å²) in [6.45, 7) is 4.60. The molecule has 114 valence electrons.